The molecule has 0 aliphatic carbocycles. The first-order chi connectivity index (χ1) is 16.6. The van der Waals surface area contributed by atoms with Gasteiger partial charge in [-0.05, 0) is 48.5 Å². The average Bonchev–Trinajstić information content (AvgIpc) is 3.32. The monoisotopic (exact) mass is 477 g/mol. The SMILES string of the molecule is COc1ccc(-n2c(SCC(=O)Nc3cc(OC)ccc3OC)nnc2-c2ccncc2)cc1. The van der Waals surface area contributed by atoms with Gasteiger partial charge in [-0.1, -0.05) is 11.8 Å². The zero-order valence-electron chi connectivity index (χ0n) is 18.9. The minimum Gasteiger partial charge on any atom is -0.497 e. The number of carbonyl (C=O) groups is 1. The molecule has 0 aliphatic rings. The standard InChI is InChI=1S/C24H23N5O4S/c1-31-18-6-4-17(5-7-18)29-23(16-10-12-25-13-11-16)27-28-24(29)34-15-22(30)26-20-14-19(32-2)8-9-21(20)33-3/h4-14H,15H2,1-3H3,(H,26,30). The van der Waals surface area contributed by atoms with Crippen LogP contribution in [0.25, 0.3) is 17.1 Å². The number of aromatic nitrogens is 4. The number of nitrogens with one attached hydrogen (secondary N) is 1. The highest BCUT2D eigenvalue weighted by atomic mass is 32.2. The second-order valence-electron chi connectivity index (χ2n) is 6.98. The van der Waals surface area contributed by atoms with Crippen molar-refractivity contribution >= 4 is 23.4 Å². The normalized spacial score (nSPS) is 10.6. The molecule has 0 saturated carbocycles. The Morgan fingerprint density at radius 2 is 1.62 bits per heavy atom. The van der Waals surface area contributed by atoms with Crippen LogP contribution in [0.1, 0.15) is 0 Å². The fourth-order valence-electron chi connectivity index (χ4n) is 3.24. The maximum absolute atomic E-state index is 12.8. The molecule has 4 rings (SSSR count). The molecule has 0 saturated heterocycles. The number of methoxy groups -OCH3 is 3. The molecular weight excluding hydrogens is 454 g/mol. The second-order valence-corrected chi connectivity index (χ2v) is 7.92. The van der Waals surface area contributed by atoms with E-state index in [9.17, 15) is 4.79 Å². The molecule has 1 N–H and O–H groups in total. The number of nitrogens with zero attached hydrogens (tertiary/aromatic N) is 4. The number of anilines is 1. The van der Waals surface area contributed by atoms with Crippen LogP contribution in [-0.2, 0) is 4.79 Å². The van der Waals surface area contributed by atoms with Gasteiger partial charge >= 0.3 is 0 Å². The van der Waals surface area contributed by atoms with Crippen LogP contribution in [0.4, 0.5) is 5.69 Å². The third kappa shape index (κ3) is 5.12. The zero-order valence-corrected chi connectivity index (χ0v) is 19.7. The Morgan fingerprint density at radius 1 is 0.912 bits per heavy atom. The fourth-order valence-corrected chi connectivity index (χ4v) is 4.00. The first kappa shape index (κ1) is 23.1. The van der Waals surface area contributed by atoms with Crippen LogP contribution in [0.15, 0.2) is 72.1 Å². The minimum atomic E-state index is -0.216. The van der Waals surface area contributed by atoms with Crippen molar-refractivity contribution in [1.82, 2.24) is 19.7 Å². The first-order valence-corrected chi connectivity index (χ1v) is 11.3. The number of thioether (sulfide) groups is 1. The molecule has 0 bridgehead atoms. The van der Waals surface area contributed by atoms with Crippen molar-refractivity contribution in [3.05, 3.63) is 67.0 Å². The Kier molecular flexibility index (Phi) is 7.28. The molecule has 0 aliphatic heterocycles. The summed E-state index contributed by atoms with van der Waals surface area (Å²) in [5.74, 6) is 2.44. The van der Waals surface area contributed by atoms with Crippen LogP contribution in [0.2, 0.25) is 0 Å². The maximum Gasteiger partial charge on any atom is 0.234 e. The van der Waals surface area contributed by atoms with Crippen LogP contribution in [0, 0.1) is 0 Å². The minimum absolute atomic E-state index is 0.116. The first-order valence-electron chi connectivity index (χ1n) is 10.3. The maximum atomic E-state index is 12.8. The summed E-state index contributed by atoms with van der Waals surface area (Å²) in [6.45, 7) is 0. The highest BCUT2D eigenvalue weighted by Crippen LogP contribution is 2.31. The number of carbonyl (C=O) groups excluding carboxylic acids is 1. The van der Waals surface area contributed by atoms with E-state index in [0.717, 1.165) is 17.0 Å². The zero-order chi connectivity index (χ0) is 23.9. The van der Waals surface area contributed by atoms with E-state index in [2.05, 4.69) is 20.5 Å². The van der Waals surface area contributed by atoms with Crippen LogP contribution < -0.4 is 19.5 Å². The van der Waals surface area contributed by atoms with Crippen molar-refractivity contribution < 1.29 is 19.0 Å². The number of hydrogen-bond acceptors (Lipinski definition) is 8. The van der Waals surface area contributed by atoms with Gasteiger partial charge in [0.1, 0.15) is 17.2 Å². The van der Waals surface area contributed by atoms with Gasteiger partial charge in [0.2, 0.25) is 5.91 Å². The Balaban J connectivity index is 1.58. The highest BCUT2D eigenvalue weighted by molar-refractivity contribution is 7.99. The van der Waals surface area contributed by atoms with E-state index in [1.807, 2.05) is 41.0 Å². The van der Waals surface area contributed by atoms with E-state index in [1.165, 1.54) is 11.8 Å². The molecule has 0 unspecified atom stereocenters. The van der Waals surface area contributed by atoms with Gasteiger partial charge in [0.05, 0.1) is 32.8 Å². The quantitative estimate of drug-likeness (QED) is 0.360. The molecule has 2 aromatic heterocycles. The van der Waals surface area contributed by atoms with Gasteiger partial charge in [-0.15, -0.1) is 10.2 Å². The molecule has 174 valence electrons. The number of amides is 1. The fraction of sp³-hybridized carbons (Fsp3) is 0.167. The molecule has 0 fully saturated rings. The largest absolute Gasteiger partial charge is 0.497 e. The summed E-state index contributed by atoms with van der Waals surface area (Å²) in [6, 6.07) is 16.5. The summed E-state index contributed by atoms with van der Waals surface area (Å²) in [5, 5.41) is 12.2. The summed E-state index contributed by atoms with van der Waals surface area (Å²) < 4.78 is 17.8. The Bertz CT molecular complexity index is 1260. The molecule has 2 aromatic carbocycles. The summed E-state index contributed by atoms with van der Waals surface area (Å²) in [4.78, 5) is 16.8. The molecule has 0 atom stereocenters. The van der Waals surface area contributed by atoms with Crippen molar-refractivity contribution in [3.8, 4) is 34.3 Å². The molecule has 10 heteroatoms. The number of ether oxygens (including phenoxy) is 3. The predicted molar refractivity (Wildman–Crippen MR) is 130 cm³/mol. The molecule has 0 spiro atoms. The van der Waals surface area contributed by atoms with Crippen molar-refractivity contribution in [3.63, 3.8) is 0 Å². The van der Waals surface area contributed by atoms with E-state index < -0.39 is 0 Å². The molecule has 9 nitrogen and oxygen atoms in total. The average molecular weight is 478 g/mol. The Hall–Kier alpha value is -4.05. The van der Waals surface area contributed by atoms with Gasteiger partial charge in [0.25, 0.3) is 0 Å². The van der Waals surface area contributed by atoms with Crippen molar-refractivity contribution in [2.24, 2.45) is 0 Å². The van der Waals surface area contributed by atoms with E-state index in [4.69, 9.17) is 14.2 Å². The number of hydrogen-bond donors (Lipinski definition) is 1. The van der Waals surface area contributed by atoms with Gasteiger partial charge in [0.15, 0.2) is 11.0 Å². The second kappa shape index (κ2) is 10.7. The summed E-state index contributed by atoms with van der Waals surface area (Å²) in [6.07, 6.45) is 3.40. The van der Waals surface area contributed by atoms with Crippen LogP contribution in [0.5, 0.6) is 17.2 Å². The lowest BCUT2D eigenvalue weighted by molar-refractivity contribution is -0.113. The lowest BCUT2D eigenvalue weighted by atomic mass is 10.2. The van der Waals surface area contributed by atoms with Gasteiger partial charge in [-0.25, -0.2) is 0 Å². The lowest BCUT2D eigenvalue weighted by Crippen LogP contribution is -2.15. The van der Waals surface area contributed by atoms with Crippen LogP contribution in [-0.4, -0.2) is 52.7 Å². The Labute approximate surface area is 201 Å². The van der Waals surface area contributed by atoms with Crippen LogP contribution in [0.3, 0.4) is 0 Å². The van der Waals surface area contributed by atoms with Gasteiger partial charge in [-0.2, -0.15) is 0 Å². The number of benzene rings is 2. The van der Waals surface area contributed by atoms with E-state index in [0.29, 0.717) is 28.2 Å². The molecule has 1 amide bonds. The molecule has 2 heterocycles. The summed E-state index contributed by atoms with van der Waals surface area (Å²) in [5.41, 5.74) is 2.23. The third-order valence-corrected chi connectivity index (χ3v) is 5.84. The lowest BCUT2D eigenvalue weighted by Gasteiger charge is -2.12. The van der Waals surface area contributed by atoms with E-state index in [-0.39, 0.29) is 11.7 Å². The van der Waals surface area contributed by atoms with Crippen molar-refractivity contribution in [1.29, 1.82) is 0 Å². The topological polar surface area (TPSA) is 100 Å². The third-order valence-electron chi connectivity index (χ3n) is 4.92. The van der Waals surface area contributed by atoms with E-state index >= 15 is 0 Å². The number of pyridine rings is 1. The smallest absolute Gasteiger partial charge is 0.234 e. The molecule has 4 aromatic rings. The molecular formula is C24H23N5O4S. The molecule has 34 heavy (non-hydrogen) atoms. The summed E-state index contributed by atoms with van der Waals surface area (Å²) in [7, 11) is 4.73. The predicted octanol–water partition coefficient (Wildman–Crippen LogP) is 4.09. The van der Waals surface area contributed by atoms with Gasteiger partial charge < -0.3 is 19.5 Å². The van der Waals surface area contributed by atoms with Crippen molar-refractivity contribution in [2.45, 2.75) is 5.16 Å². The highest BCUT2D eigenvalue weighted by Gasteiger charge is 2.18. The van der Waals surface area contributed by atoms with E-state index in [1.54, 1.807) is 51.9 Å². The molecule has 0 radical (unpaired) electrons. The van der Waals surface area contributed by atoms with Crippen molar-refractivity contribution in [2.75, 3.05) is 32.4 Å². The van der Waals surface area contributed by atoms with Crippen LogP contribution >= 0.6 is 11.8 Å². The summed E-state index contributed by atoms with van der Waals surface area (Å²) >= 11 is 1.28. The van der Waals surface area contributed by atoms with Gasteiger partial charge in [0, 0.05) is 29.7 Å². The Morgan fingerprint density at radius 3 is 2.29 bits per heavy atom. The number of rotatable bonds is 9. The van der Waals surface area contributed by atoms with Gasteiger partial charge in [-0.3, -0.25) is 14.3 Å².